The van der Waals surface area contributed by atoms with Gasteiger partial charge in [0.25, 0.3) is 11.8 Å². The minimum Gasteiger partial charge on any atom is -0.480 e. The maximum absolute atomic E-state index is 12.3. The fraction of sp³-hybridized carbons (Fsp3) is 0.682. The zero-order valence-electron chi connectivity index (χ0n) is 20.0. The lowest BCUT2D eigenvalue weighted by Gasteiger charge is -2.28. The van der Waals surface area contributed by atoms with Crippen molar-refractivity contribution in [1.82, 2.24) is 15.1 Å². The van der Waals surface area contributed by atoms with E-state index in [1.54, 1.807) is 0 Å². The maximum atomic E-state index is 12.3. The molecule has 0 aromatic heterocycles. The second kappa shape index (κ2) is 15.3. The van der Waals surface area contributed by atoms with Gasteiger partial charge in [0.05, 0.1) is 6.61 Å². The Kier molecular flexibility index (Phi) is 13.2. The Morgan fingerprint density at radius 2 is 1.53 bits per heavy atom. The number of nitrogens with zero attached hydrogens (tertiary/aromatic N) is 2. The van der Waals surface area contributed by atoms with Gasteiger partial charge in [0.2, 0.25) is 11.8 Å². The number of carboxylic acids is 1. The molecule has 0 saturated heterocycles. The highest BCUT2D eigenvalue weighted by Crippen LogP contribution is 2.10. The third-order valence-corrected chi connectivity index (χ3v) is 5.68. The molecular formula is C22H35N3O11. The Bertz CT molecular complexity index is 801. The Hall–Kier alpha value is -2.91. The molecule has 14 nitrogen and oxygen atoms in total. The number of nitrogens with one attached hydrogen (secondary N) is 1. The van der Waals surface area contributed by atoms with Crippen LogP contribution in [0.15, 0.2) is 12.2 Å². The van der Waals surface area contributed by atoms with Crippen LogP contribution in [0.3, 0.4) is 0 Å². The number of carbonyl (C=O) groups excluding carboxylic acids is 4. The lowest BCUT2D eigenvalue weighted by Crippen LogP contribution is -2.50. The van der Waals surface area contributed by atoms with E-state index in [1.165, 1.54) is 19.2 Å². The van der Waals surface area contributed by atoms with E-state index < -0.39 is 61.4 Å². The van der Waals surface area contributed by atoms with Gasteiger partial charge in [-0.2, -0.15) is 0 Å². The van der Waals surface area contributed by atoms with Gasteiger partial charge in [-0.3, -0.25) is 24.1 Å². The van der Waals surface area contributed by atoms with E-state index in [9.17, 15) is 49.5 Å². The van der Waals surface area contributed by atoms with Crippen LogP contribution in [-0.4, -0.2) is 127 Å². The van der Waals surface area contributed by atoms with E-state index in [2.05, 4.69) is 5.32 Å². The number of unbranched alkanes of at least 4 members (excludes halogenated alkanes) is 2. The molecule has 0 aliphatic carbocycles. The van der Waals surface area contributed by atoms with E-state index in [0.717, 1.165) is 9.80 Å². The summed E-state index contributed by atoms with van der Waals surface area (Å²) in [6, 6.07) is -1.34. The molecule has 36 heavy (non-hydrogen) atoms. The molecule has 0 radical (unpaired) electrons. The fourth-order valence-corrected chi connectivity index (χ4v) is 3.42. The van der Waals surface area contributed by atoms with Crippen molar-refractivity contribution in [2.24, 2.45) is 0 Å². The van der Waals surface area contributed by atoms with Gasteiger partial charge in [-0.05, 0) is 19.3 Å². The third-order valence-electron chi connectivity index (χ3n) is 5.68. The summed E-state index contributed by atoms with van der Waals surface area (Å²) in [4.78, 5) is 60.9. The largest absolute Gasteiger partial charge is 0.480 e. The number of aliphatic carboxylic acids is 1. The van der Waals surface area contributed by atoms with Crippen molar-refractivity contribution >= 4 is 29.6 Å². The smallest absolute Gasteiger partial charge is 0.326 e. The number of carboxylic acid groups (broad SMARTS) is 1. The number of aliphatic hydroxyl groups excluding tert-OH is 5. The number of hydrogen-bond acceptors (Lipinski definition) is 10. The van der Waals surface area contributed by atoms with Crippen LogP contribution in [0.5, 0.6) is 0 Å². The molecule has 1 rings (SSSR count). The van der Waals surface area contributed by atoms with Gasteiger partial charge in [-0.25, -0.2) is 4.79 Å². The van der Waals surface area contributed by atoms with Crippen molar-refractivity contribution in [3.8, 4) is 0 Å². The lowest BCUT2D eigenvalue weighted by atomic mass is 10.0. The Labute approximate surface area is 207 Å². The molecule has 2 unspecified atom stereocenters. The number of hydrogen-bond donors (Lipinski definition) is 7. The van der Waals surface area contributed by atoms with Crippen molar-refractivity contribution in [2.45, 2.75) is 69.0 Å². The van der Waals surface area contributed by atoms with Crippen LogP contribution in [0, 0.1) is 0 Å². The average molecular weight is 518 g/mol. The van der Waals surface area contributed by atoms with Crippen molar-refractivity contribution in [2.75, 3.05) is 26.7 Å². The summed E-state index contributed by atoms with van der Waals surface area (Å²) >= 11 is 0. The Balaban J connectivity index is 2.38. The molecule has 1 aliphatic rings. The first-order valence-corrected chi connectivity index (χ1v) is 11.5. The normalized spacial score (nSPS) is 17.4. The highest BCUT2D eigenvalue weighted by Gasteiger charge is 2.31. The molecule has 1 heterocycles. The predicted octanol–water partition coefficient (Wildman–Crippen LogP) is -3.28. The van der Waals surface area contributed by atoms with Gasteiger partial charge in [0.15, 0.2) is 0 Å². The minimum atomic E-state index is -1.85. The predicted molar refractivity (Wildman–Crippen MR) is 122 cm³/mol. The molecule has 204 valence electrons. The van der Waals surface area contributed by atoms with Crippen LogP contribution in [0.4, 0.5) is 0 Å². The van der Waals surface area contributed by atoms with Gasteiger partial charge in [-0.1, -0.05) is 6.42 Å². The molecule has 0 aromatic rings. The highest BCUT2D eigenvalue weighted by atomic mass is 16.4. The molecule has 7 N–H and O–H groups in total. The fourth-order valence-electron chi connectivity index (χ4n) is 3.42. The first-order valence-electron chi connectivity index (χ1n) is 11.5. The van der Waals surface area contributed by atoms with Crippen molar-refractivity contribution in [3.05, 3.63) is 12.2 Å². The molecule has 4 amide bonds. The third kappa shape index (κ3) is 9.99. The molecule has 0 spiro atoms. The molecule has 14 heteroatoms. The average Bonchev–Trinajstić information content (AvgIpc) is 3.16. The number of likely N-dealkylation sites (N-methyl/N-ethyl adjacent to an activating group) is 1. The summed E-state index contributed by atoms with van der Waals surface area (Å²) in [5.41, 5.74) is 0. The number of aliphatic hydroxyl groups is 5. The monoisotopic (exact) mass is 517 g/mol. The van der Waals surface area contributed by atoms with Crippen LogP contribution in [-0.2, 0) is 24.0 Å². The van der Waals surface area contributed by atoms with Crippen LogP contribution >= 0.6 is 0 Å². The molecule has 0 saturated carbocycles. The van der Waals surface area contributed by atoms with E-state index in [-0.39, 0.29) is 37.6 Å². The first kappa shape index (κ1) is 31.1. The topological polar surface area (TPSA) is 225 Å². The van der Waals surface area contributed by atoms with Crippen LogP contribution in [0.2, 0.25) is 0 Å². The quantitative estimate of drug-likeness (QED) is 0.0747. The second-order valence-electron chi connectivity index (χ2n) is 8.54. The standard InChI is InChI=1S/C22H35N3O11/c1-24(11-14(27)20(33)21(34)15(28)12-26)17(30)7-6-13(22(35)36)23-16(29)5-3-2-4-10-25-18(31)8-9-19(25)32/h8-9,13-15,20-21,26-28,33-34H,2-7,10-12H2,1H3,(H,23,29)(H,35,36)/t13-,14?,15+,20?,21+/m0/s1. The van der Waals surface area contributed by atoms with Crippen LogP contribution in [0.25, 0.3) is 0 Å². The Morgan fingerprint density at radius 3 is 2.08 bits per heavy atom. The van der Waals surface area contributed by atoms with Gasteiger partial charge in [-0.15, -0.1) is 0 Å². The molecule has 1 aliphatic heterocycles. The summed E-state index contributed by atoms with van der Waals surface area (Å²) < 4.78 is 0. The van der Waals surface area contributed by atoms with E-state index in [1.807, 2.05) is 0 Å². The highest BCUT2D eigenvalue weighted by molar-refractivity contribution is 6.12. The van der Waals surface area contributed by atoms with Crippen molar-refractivity contribution in [1.29, 1.82) is 0 Å². The number of rotatable bonds is 17. The summed E-state index contributed by atoms with van der Waals surface area (Å²) in [6.07, 6.45) is -3.75. The summed E-state index contributed by atoms with van der Waals surface area (Å²) in [5, 5.41) is 59.2. The second-order valence-corrected chi connectivity index (χ2v) is 8.54. The Morgan fingerprint density at radius 1 is 0.944 bits per heavy atom. The first-order chi connectivity index (χ1) is 16.9. The SMILES string of the molecule is CN(CC(O)C(O)[C@H](O)[C@H](O)CO)C(=O)CC[C@H](NC(=O)CCCCCN1C(=O)C=CC1=O)C(=O)O. The lowest BCUT2D eigenvalue weighted by molar-refractivity contribution is -0.143. The number of carbonyl (C=O) groups is 5. The zero-order chi connectivity index (χ0) is 27.4. The molecule has 0 bridgehead atoms. The van der Waals surface area contributed by atoms with Crippen molar-refractivity contribution in [3.63, 3.8) is 0 Å². The van der Waals surface area contributed by atoms with E-state index >= 15 is 0 Å². The molecular weight excluding hydrogens is 482 g/mol. The minimum absolute atomic E-state index is 0.0177. The number of amides is 4. The van der Waals surface area contributed by atoms with Crippen LogP contribution < -0.4 is 5.32 Å². The molecule has 0 aromatic carbocycles. The van der Waals surface area contributed by atoms with Gasteiger partial charge in [0.1, 0.15) is 30.5 Å². The summed E-state index contributed by atoms with van der Waals surface area (Å²) in [6.45, 7) is -1.06. The van der Waals surface area contributed by atoms with Crippen molar-refractivity contribution < 1.29 is 54.6 Å². The van der Waals surface area contributed by atoms with E-state index in [4.69, 9.17) is 5.11 Å². The summed E-state index contributed by atoms with van der Waals surface area (Å²) in [5.74, 6) is -3.24. The molecule has 5 atom stereocenters. The molecule has 0 fully saturated rings. The summed E-state index contributed by atoms with van der Waals surface area (Å²) in [7, 11) is 1.28. The van der Waals surface area contributed by atoms with Gasteiger partial charge >= 0.3 is 5.97 Å². The van der Waals surface area contributed by atoms with Gasteiger partial charge in [0, 0.05) is 45.1 Å². The van der Waals surface area contributed by atoms with Crippen LogP contribution in [0.1, 0.15) is 38.5 Å². The van der Waals surface area contributed by atoms with Gasteiger partial charge < -0.3 is 40.9 Å². The number of imide groups is 1. The zero-order valence-corrected chi connectivity index (χ0v) is 20.0. The maximum Gasteiger partial charge on any atom is 0.326 e. The van der Waals surface area contributed by atoms with E-state index in [0.29, 0.717) is 19.3 Å².